The molecular formula is C18H26N2O3. The zero-order valence-electron chi connectivity index (χ0n) is 14.0. The average molecular weight is 318 g/mol. The Kier molecular flexibility index (Phi) is 5.06. The van der Waals surface area contributed by atoms with Crippen LogP contribution in [0.25, 0.3) is 0 Å². The fraction of sp³-hybridized carbons (Fsp3) is 0.611. The van der Waals surface area contributed by atoms with Gasteiger partial charge in [0.15, 0.2) is 11.5 Å². The number of rotatable bonds is 4. The summed E-state index contributed by atoms with van der Waals surface area (Å²) in [5, 5.41) is 3.71. The number of nitrogens with one attached hydrogen (secondary N) is 1. The van der Waals surface area contributed by atoms with Gasteiger partial charge in [0.1, 0.15) is 6.61 Å². The smallest absolute Gasteiger partial charge is 0.222 e. The number of carbonyl (C=O) groups is 1. The summed E-state index contributed by atoms with van der Waals surface area (Å²) in [7, 11) is 1.68. The van der Waals surface area contributed by atoms with Crippen molar-refractivity contribution in [1.82, 2.24) is 10.2 Å². The van der Waals surface area contributed by atoms with Crippen LogP contribution in [0.2, 0.25) is 0 Å². The summed E-state index contributed by atoms with van der Waals surface area (Å²) < 4.78 is 11.3. The molecule has 1 saturated heterocycles. The summed E-state index contributed by atoms with van der Waals surface area (Å²) in [5.74, 6) is 1.97. The summed E-state index contributed by atoms with van der Waals surface area (Å²) in [5.41, 5.74) is 1.20. The summed E-state index contributed by atoms with van der Waals surface area (Å²) in [6.45, 7) is 4.32. The maximum Gasteiger partial charge on any atom is 0.222 e. The molecule has 1 fully saturated rings. The Balaban J connectivity index is 1.54. The van der Waals surface area contributed by atoms with Crippen molar-refractivity contribution in [3.05, 3.63) is 23.8 Å². The number of methoxy groups -OCH3 is 1. The Morgan fingerprint density at radius 2 is 2.13 bits per heavy atom. The molecule has 126 valence electrons. The molecule has 1 amide bonds. The molecule has 0 aliphatic carbocycles. The first kappa shape index (κ1) is 16.1. The molecule has 0 saturated carbocycles. The van der Waals surface area contributed by atoms with Crippen molar-refractivity contribution in [3.63, 3.8) is 0 Å². The third-order valence-corrected chi connectivity index (χ3v) is 4.80. The van der Waals surface area contributed by atoms with Crippen LogP contribution in [-0.2, 0) is 11.2 Å². The van der Waals surface area contributed by atoms with E-state index in [1.807, 2.05) is 24.0 Å². The number of likely N-dealkylation sites (tertiary alicyclic amines) is 1. The molecule has 1 aromatic rings. The standard InChI is InChI=1S/C18H26N2O3/c1-3-17(21)20-9-7-14(8-10-20)19-15-11-13-5-4-6-16(22-2)18(13)23-12-15/h4-6,14-15,19H,3,7-12H2,1-2H3. The van der Waals surface area contributed by atoms with Gasteiger partial charge in [-0.25, -0.2) is 0 Å². The summed E-state index contributed by atoms with van der Waals surface area (Å²) in [4.78, 5) is 13.7. The molecule has 2 aliphatic heterocycles. The number of amides is 1. The lowest BCUT2D eigenvalue weighted by Crippen LogP contribution is -2.50. The van der Waals surface area contributed by atoms with E-state index in [4.69, 9.17) is 9.47 Å². The third kappa shape index (κ3) is 3.61. The third-order valence-electron chi connectivity index (χ3n) is 4.80. The van der Waals surface area contributed by atoms with Crippen molar-refractivity contribution in [3.8, 4) is 11.5 Å². The first-order valence-electron chi connectivity index (χ1n) is 8.53. The number of nitrogens with zero attached hydrogens (tertiary/aromatic N) is 1. The summed E-state index contributed by atoms with van der Waals surface area (Å²) >= 11 is 0. The van der Waals surface area contributed by atoms with Gasteiger partial charge in [-0.15, -0.1) is 0 Å². The molecular weight excluding hydrogens is 292 g/mol. The van der Waals surface area contributed by atoms with Crippen molar-refractivity contribution in [2.75, 3.05) is 26.8 Å². The normalized spacial score (nSPS) is 21.5. The lowest BCUT2D eigenvalue weighted by atomic mass is 9.98. The van der Waals surface area contributed by atoms with Gasteiger partial charge in [-0.3, -0.25) is 4.79 Å². The quantitative estimate of drug-likeness (QED) is 0.922. The molecule has 2 heterocycles. The Morgan fingerprint density at radius 1 is 1.35 bits per heavy atom. The Hall–Kier alpha value is -1.75. The van der Waals surface area contributed by atoms with Gasteiger partial charge < -0.3 is 19.7 Å². The minimum atomic E-state index is 0.269. The van der Waals surface area contributed by atoms with Crippen LogP contribution in [0.1, 0.15) is 31.7 Å². The van der Waals surface area contributed by atoms with Crippen LogP contribution < -0.4 is 14.8 Å². The Morgan fingerprint density at radius 3 is 2.83 bits per heavy atom. The molecule has 2 aliphatic rings. The molecule has 5 nitrogen and oxygen atoms in total. The maximum atomic E-state index is 11.7. The molecule has 5 heteroatoms. The predicted molar refractivity (Wildman–Crippen MR) is 89.0 cm³/mol. The molecule has 3 rings (SSSR count). The second-order valence-corrected chi connectivity index (χ2v) is 6.34. The summed E-state index contributed by atoms with van der Waals surface area (Å²) in [6.07, 6.45) is 3.61. The van der Waals surface area contributed by atoms with E-state index in [9.17, 15) is 4.79 Å². The second kappa shape index (κ2) is 7.21. The van der Waals surface area contributed by atoms with Crippen molar-refractivity contribution < 1.29 is 14.3 Å². The monoisotopic (exact) mass is 318 g/mol. The van der Waals surface area contributed by atoms with E-state index in [-0.39, 0.29) is 5.91 Å². The van der Waals surface area contributed by atoms with Crippen LogP contribution >= 0.6 is 0 Å². The van der Waals surface area contributed by atoms with Gasteiger partial charge >= 0.3 is 0 Å². The van der Waals surface area contributed by atoms with E-state index < -0.39 is 0 Å². The van der Waals surface area contributed by atoms with Crippen LogP contribution in [0.5, 0.6) is 11.5 Å². The van der Waals surface area contributed by atoms with Crippen LogP contribution in [0.4, 0.5) is 0 Å². The molecule has 0 radical (unpaired) electrons. The first-order chi connectivity index (χ1) is 11.2. The molecule has 1 atom stereocenters. The average Bonchev–Trinajstić information content (AvgIpc) is 2.61. The highest BCUT2D eigenvalue weighted by Gasteiger charge is 2.27. The lowest BCUT2D eigenvalue weighted by molar-refractivity contribution is -0.132. The van der Waals surface area contributed by atoms with Crippen molar-refractivity contribution in [2.45, 2.75) is 44.7 Å². The molecule has 1 N–H and O–H groups in total. The van der Waals surface area contributed by atoms with E-state index in [0.29, 0.717) is 25.1 Å². The SMILES string of the molecule is CCC(=O)N1CCC(NC2COc3c(cccc3OC)C2)CC1. The molecule has 23 heavy (non-hydrogen) atoms. The minimum Gasteiger partial charge on any atom is -0.493 e. The molecule has 1 unspecified atom stereocenters. The number of piperidine rings is 1. The number of fused-ring (bicyclic) bond motifs is 1. The number of carbonyl (C=O) groups excluding carboxylic acids is 1. The van der Waals surface area contributed by atoms with Crippen molar-refractivity contribution >= 4 is 5.91 Å². The van der Waals surface area contributed by atoms with Crippen LogP contribution in [0, 0.1) is 0 Å². The fourth-order valence-corrected chi connectivity index (χ4v) is 3.51. The predicted octanol–water partition coefficient (Wildman–Crippen LogP) is 1.99. The van der Waals surface area contributed by atoms with Crippen LogP contribution in [0.15, 0.2) is 18.2 Å². The number of hydrogen-bond donors (Lipinski definition) is 1. The highest BCUT2D eigenvalue weighted by Crippen LogP contribution is 2.34. The Labute approximate surface area is 137 Å². The van der Waals surface area contributed by atoms with E-state index >= 15 is 0 Å². The first-order valence-corrected chi connectivity index (χ1v) is 8.53. The molecule has 1 aromatic carbocycles. The van der Waals surface area contributed by atoms with Crippen molar-refractivity contribution in [2.24, 2.45) is 0 Å². The van der Waals surface area contributed by atoms with Gasteiger partial charge in [-0.2, -0.15) is 0 Å². The minimum absolute atomic E-state index is 0.269. The van der Waals surface area contributed by atoms with Gasteiger partial charge in [-0.1, -0.05) is 19.1 Å². The molecule has 0 bridgehead atoms. The number of para-hydroxylation sites is 1. The second-order valence-electron chi connectivity index (χ2n) is 6.34. The van der Waals surface area contributed by atoms with Gasteiger partial charge in [0.05, 0.1) is 7.11 Å². The highest BCUT2D eigenvalue weighted by atomic mass is 16.5. The van der Waals surface area contributed by atoms with E-state index in [2.05, 4.69) is 11.4 Å². The largest absolute Gasteiger partial charge is 0.493 e. The van der Waals surface area contributed by atoms with Crippen molar-refractivity contribution in [1.29, 1.82) is 0 Å². The fourth-order valence-electron chi connectivity index (χ4n) is 3.51. The van der Waals surface area contributed by atoms with Gasteiger partial charge in [-0.05, 0) is 30.9 Å². The zero-order chi connectivity index (χ0) is 16.2. The van der Waals surface area contributed by atoms with Gasteiger partial charge in [0, 0.05) is 31.6 Å². The lowest BCUT2D eigenvalue weighted by Gasteiger charge is -2.36. The molecule has 0 aromatic heterocycles. The van der Waals surface area contributed by atoms with Gasteiger partial charge in [0.2, 0.25) is 5.91 Å². The highest BCUT2D eigenvalue weighted by molar-refractivity contribution is 5.75. The number of benzene rings is 1. The summed E-state index contributed by atoms with van der Waals surface area (Å²) in [6, 6.07) is 6.85. The zero-order valence-corrected chi connectivity index (χ0v) is 14.0. The number of ether oxygens (including phenoxy) is 2. The van der Waals surface area contributed by atoms with Crippen LogP contribution in [0.3, 0.4) is 0 Å². The maximum absolute atomic E-state index is 11.7. The Bertz CT molecular complexity index is 553. The molecule has 0 spiro atoms. The van der Waals surface area contributed by atoms with E-state index in [0.717, 1.165) is 43.9 Å². The number of hydrogen-bond acceptors (Lipinski definition) is 4. The van der Waals surface area contributed by atoms with E-state index in [1.165, 1.54) is 5.56 Å². The van der Waals surface area contributed by atoms with E-state index in [1.54, 1.807) is 7.11 Å². The van der Waals surface area contributed by atoms with Gasteiger partial charge in [0.25, 0.3) is 0 Å². The van der Waals surface area contributed by atoms with Crippen LogP contribution in [-0.4, -0.2) is 49.7 Å². The topological polar surface area (TPSA) is 50.8 Å².